The number of allylic oxidation sites excluding steroid dienone is 3. The Morgan fingerprint density at radius 3 is 2.39 bits per heavy atom. The Bertz CT molecular complexity index is 1360. The summed E-state index contributed by atoms with van der Waals surface area (Å²) in [5.41, 5.74) is 4.25. The zero-order chi connectivity index (χ0) is 27.6. The zero-order valence-corrected chi connectivity index (χ0v) is 23.6. The SMILES string of the molecule is COc1ccc([C@@H]2C(C#N)=C(SCC(=O)c3ccc(C(C)C)cc3)NC3=C2C(=O)CC(C)(C)C3)cc1OC. The molecule has 0 saturated carbocycles. The van der Waals surface area contributed by atoms with E-state index in [9.17, 15) is 14.9 Å². The number of carbonyl (C=O) groups excluding carboxylic acids is 2. The van der Waals surface area contributed by atoms with E-state index in [-0.39, 0.29) is 22.7 Å². The van der Waals surface area contributed by atoms with E-state index >= 15 is 0 Å². The van der Waals surface area contributed by atoms with Crippen LogP contribution in [0.5, 0.6) is 11.5 Å². The van der Waals surface area contributed by atoms with Gasteiger partial charge >= 0.3 is 0 Å². The maximum Gasteiger partial charge on any atom is 0.173 e. The van der Waals surface area contributed by atoms with Gasteiger partial charge in [0.15, 0.2) is 23.1 Å². The van der Waals surface area contributed by atoms with Gasteiger partial charge in [0, 0.05) is 23.3 Å². The molecule has 38 heavy (non-hydrogen) atoms. The standard InChI is InChI=1S/C31H34N2O4S/c1-18(2)19-7-9-20(10-8-19)25(35)17-38-30-22(16-32)28(21-11-12-26(36-5)27(13-21)37-6)29-23(33-30)14-31(3,4)15-24(29)34/h7-13,18,28,33H,14-15,17H2,1-6H3/t28-/m1/s1. The number of ketones is 2. The van der Waals surface area contributed by atoms with Crippen molar-refractivity contribution in [1.29, 1.82) is 5.26 Å². The van der Waals surface area contributed by atoms with Crippen molar-refractivity contribution in [2.75, 3.05) is 20.0 Å². The van der Waals surface area contributed by atoms with Crippen molar-refractivity contribution in [1.82, 2.24) is 5.32 Å². The number of nitrogens with zero attached hydrogens (tertiary/aromatic N) is 1. The van der Waals surface area contributed by atoms with Crippen LogP contribution in [0, 0.1) is 16.7 Å². The molecule has 1 aliphatic carbocycles. The molecular formula is C31H34N2O4S. The predicted molar refractivity (Wildman–Crippen MR) is 150 cm³/mol. The fourth-order valence-corrected chi connectivity index (χ4v) is 6.09. The van der Waals surface area contributed by atoms with Gasteiger partial charge < -0.3 is 14.8 Å². The highest BCUT2D eigenvalue weighted by atomic mass is 32.2. The Kier molecular flexibility index (Phi) is 8.03. The summed E-state index contributed by atoms with van der Waals surface area (Å²) in [6, 6.07) is 15.5. The van der Waals surface area contributed by atoms with Gasteiger partial charge in [-0.1, -0.05) is 69.8 Å². The maximum atomic E-state index is 13.5. The number of hydrogen-bond donors (Lipinski definition) is 1. The van der Waals surface area contributed by atoms with E-state index in [4.69, 9.17) is 9.47 Å². The van der Waals surface area contributed by atoms with Crippen LogP contribution in [0.15, 0.2) is 64.3 Å². The average Bonchev–Trinajstić information content (AvgIpc) is 2.89. The van der Waals surface area contributed by atoms with Crippen molar-refractivity contribution in [3.8, 4) is 17.6 Å². The van der Waals surface area contributed by atoms with E-state index in [1.807, 2.05) is 36.4 Å². The quantitative estimate of drug-likeness (QED) is 0.389. The molecule has 0 fully saturated rings. The summed E-state index contributed by atoms with van der Waals surface area (Å²) < 4.78 is 10.9. The fraction of sp³-hybridized carbons (Fsp3) is 0.387. The van der Waals surface area contributed by atoms with E-state index in [1.165, 1.54) is 17.3 Å². The fourth-order valence-electron chi connectivity index (χ4n) is 5.13. The number of nitrogens with one attached hydrogen (secondary N) is 1. The van der Waals surface area contributed by atoms with Crippen LogP contribution in [0.1, 0.15) is 73.9 Å². The number of ether oxygens (including phenoxy) is 2. The molecule has 1 heterocycles. The Labute approximate surface area is 229 Å². The third-order valence-corrected chi connectivity index (χ3v) is 8.13. The zero-order valence-electron chi connectivity index (χ0n) is 22.8. The minimum atomic E-state index is -0.553. The molecule has 6 nitrogen and oxygen atoms in total. The lowest BCUT2D eigenvalue weighted by atomic mass is 9.69. The summed E-state index contributed by atoms with van der Waals surface area (Å²) in [6.45, 7) is 8.38. The number of Topliss-reactive ketones (excluding diaryl/α,β-unsaturated/α-hetero) is 2. The van der Waals surface area contributed by atoms with E-state index in [2.05, 4.69) is 39.1 Å². The molecule has 0 saturated heterocycles. The van der Waals surface area contributed by atoms with Crippen molar-refractivity contribution in [3.63, 3.8) is 0 Å². The number of benzene rings is 2. The highest BCUT2D eigenvalue weighted by Gasteiger charge is 2.42. The van der Waals surface area contributed by atoms with Gasteiger partial charge in [-0.25, -0.2) is 0 Å². The molecule has 2 aromatic carbocycles. The minimum Gasteiger partial charge on any atom is -0.493 e. The number of hydrogen-bond acceptors (Lipinski definition) is 7. The smallest absolute Gasteiger partial charge is 0.173 e. The summed E-state index contributed by atoms with van der Waals surface area (Å²) >= 11 is 1.31. The lowest BCUT2D eigenvalue weighted by molar-refractivity contribution is -0.118. The topological polar surface area (TPSA) is 88.4 Å². The first kappa shape index (κ1) is 27.5. The second kappa shape index (κ2) is 11.1. The third-order valence-electron chi connectivity index (χ3n) is 7.11. The van der Waals surface area contributed by atoms with Gasteiger partial charge in [0.2, 0.25) is 0 Å². The van der Waals surface area contributed by atoms with Gasteiger partial charge in [-0.2, -0.15) is 5.26 Å². The third kappa shape index (κ3) is 5.51. The van der Waals surface area contributed by atoms with Crippen LogP contribution < -0.4 is 14.8 Å². The second-order valence-corrected chi connectivity index (χ2v) is 11.8. The molecule has 1 aliphatic heterocycles. The van der Waals surface area contributed by atoms with Crippen LogP contribution in [-0.4, -0.2) is 31.5 Å². The number of carbonyl (C=O) groups is 2. The number of nitriles is 1. The lowest BCUT2D eigenvalue weighted by Gasteiger charge is -2.39. The van der Waals surface area contributed by atoms with Gasteiger partial charge in [0.1, 0.15) is 0 Å². The monoisotopic (exact) mass is 530 g/mol. The molecule has 4 rings (SSSR count). The highest BCUT2D eigenvalue weighted by Crippen LogP contribution is 2.48. The van der Waals surface area contributed by atoms with Gasteiger partial charge in [-0.3, -0.25) is 9.59 Å². The van der Waals surface area contributed by atoms with Gasteiger partial charge in [0.05, 0.1) is 42.6 Å². The first-order chi connectivity index (χ1) is 18.1. The highest BCUT2D eigenvalue weighted by molar-refractivity contribution is 8.03. The first-order valence-corrected chi connectivity index (χ1v) is 13.7. The predicted octanol–water partition coefficient (Wildman–Crippen LogP) is 6.51. The van der Waals surface area contributed by atoms with Crippen molar-refractivity contribution in [3.05, 3.63) is 81.0 Å². The van der Waals surface area contributed by atoms with E-state index in [0.717, 1.165) is 11.3 Å². The Hall–Kier alpha value is -3.50. The minimum absolute atomic E-state index is 0.0145. The number of dihydropyridines is 1. The molecule has 1 atom stereocenters. The van der Waals surface area contributed by atoms with Crippen molar-refractivity contribution < 1.29 is 19.1 Å². The van der Waals surface area contributed by atoms with Crippen LogP contribution in [0.2, 0.25) is 0 Å². The Balaban J connectivity index is 1.72. The second-order valence-electron chi connectivity index (χ2n) is 10.8. The summed E-state index contributed by atoms with van der Waals surface area (Å²) in [4.78, 5) is 26.5. The van der Waals surface area contributed by atoms with E-state index in [0.29, 0.717) is 52.0 Å². The van der Waals surface area contributed by atoms with Crippen molar-refractivity contribution >= 4 is 23.3 Å². The average molecular weight is 531 g/mol. The summed E-state index contributed by atoms with van der Waals surface area (Å²) in [5, 5.41) is 14.3. The number of rotatable bonds is 8. The Morgan fingerprint density at radius 2 is 1.79 bits per heavy atom. The molecule has 0 spiro atoms. The van der Waals surface area contributed by atoms with Crippen LogP contribution in [-0.2, 0) is 4.79 Å². The van der Waals surface area contributed by atoms with Crippen LogP contribution in [0.25, 0.3) is 0 Å². The summed E-state index contributed by atoms with van der Waals surface area (Å²) in [7, 11) is 3.13. The number of methoxy groups -OCH3 is 2. The summed E-state index contributed by atoms with van der Waals surface area (Å²) in [6.07, 6.45) is 1.08. The maximum absolute atomic E-state index is 13.5. The Morgan fingerprint density at radius 1 is 1.11 bits per heavy atom. The largest absolute Gasteiger partial charge is 0.493 e. The lowest BCUT2D eigenvalue weighted by Crippen LogP contribution is -2.37. The molecule has 0 bridgehead atoms. The molecule has 7 heteroatoms. The molecule has 0 aromatic heterocycles. The van der Waals surface area contributed by atoms with Gasteiger partial charge in [-0.05, 0) is 41.0 Å². The molecule has 2 aromatic rings. The molecule has 1 N–H and O–H groups in total. The van der Waals surface area contributed by atoms with Crippen molar-refractivity contribution in [2.45, 2.75) is 52.4 Å². The first-order valence-electron chi connectivity index (χ1n) is 12.7. The van der Waals surface area contributed by atoms with Crippen LogP contribution >= 0.6 is 11.8 Å². The molecule has 0 amide bonds. The van der Waals surface area contributed by atoms with E-state index in [1.54, 1.807) is 20.3 Å². The molecule has 198 valence electrons. The molecule has 2 aliphatic rings. The molecule has 0 unspecified atom stereocenters. The van der Waals surface area contributed by atoms with E-state index < -0.39 is 5.92 Å². The molecule has 0 radical (unpaired) electrons. The van der Waals surface area contributed by atoms with Crippen LogP contribution in [0.4, 0.5) is 0 Å². The van der Waals surface area contributed by atoms with Crippen LogP contribution in [0.3, 0.4) is 0 Å². The van der Waals surface area contributed by atoms with Crippen molar-refractivity contribution in [2.24, 2.45) is 5.41 Å². The van der Waals surface area contributed by atoms with Gasteiger partial charge in [-0.15, -0.1) is 0 Å². The summed E-state index contributed by atoms with van der Waals surface area (Å²) in [5.74, 6) is 1.13. The number of thioether (sulfide) groups is 1. The normalized spacial score (nSPS) is 18.6. The van der Waals surface area contributed by atoms with Gasteiger partial charge in [0.25, 0.3) is 0 Å². The molecular weight excluding hydrogens is 496 g/mol.